The summed E-state index contributed by atoms with van der Waals surface area (Å²) in [6, 6.07) is 12.1. The number of rotatable bonds is 4. The molecule has 144 valence electrons. The monoisotopic (exact) mass is 367 g/mol. The molecule has 1 aromatic carbocycles. The number of carbonyl (C=O) groups is 1. The van der Waals surface area contributed by atoms with E-state index in [2.05, 4.69) is 60.2 Å². The number of nitrogens with one attached hydrogen (secondary N) is 1. The molecule has 27 heavy (non-hydrogen) atoms. The molecule has 2 aromatic rings. The summed E-state index contributed by atoms with van der Waals surface area (Å²) in [5, 5.41) is 11.9. The Morgan fingerprint density at radius 2 is 1.67 bits per heavy atom. The van der Waals surface area contributed by atoms with Crippen molar-refractivity contribution in [3.05, 3.63) is 42.0 Å². The second-order valence-electron chi connectivity index (χ2n) is 8.37. The molecule has 0 bridgehead atoms. The molecule has 0 atom stereocenters. The highest BCUT2D eigenvalue weighted by atomic mass is 16.2. The van der Waals surface area contributed by atoms with Crippen molar-refractivity contribution in [2.75, 3.05) is 36.4 Å². The van der Waals surface area contributed by atoms with Crippen molar-refractivity contribution < 1.29 is 4.79 Å². The molecular weight excluding hydrogens is 338 g/mol. The Morgan fingerprint density at radius 3 is 2.22 bits per heavy atom. The molecular formula is C21H29N5O. The number of amides is 1. The van der Waals surface area contributed by atoms with E-state index < -0.39 is 0 Å². The van der Waals surface area contributed by atoms with Crippen LogP contribution >= 0.6 is 0 Å². The van der Waals surface area contributed by atoms with E-state index in [9.17, 15) is 4.79 Å². The van der Waals surface area contributed by atoms with E-state index in [1.165, 1.54) is 5.56 Å². The first kappa shape index (κ1) is 19.1. The molecule has 2 heterocycles. The standard InChI is InChI=1S/C21H29N5O/c1-16-5-7-17(8-6-16)22-18-9-10-19(24-23-18)25-11-13-26(14-12-25)20(27)15-21(2,3)4/h5-10H,11-15H2,1-4H3,(H,22,23). The average molecular weight is 367 g/mol. The van der Waals surface area contributed by atoms with Crippen LogP contribution in [0.25, 0.3) is 0 Å². The summed E-state index contributed by atoms with van der Waals surface area (Å²) >= 11 is 0. The summed E-state index contributed by atoms with van der Waals surface area (Å²) in [6.45, 7) is 11.4. The normalized spacial score (nSPS) is 15.0. The number of nitrogens with zero attached hydrogens (tertiary/aromatic N) is 4. The van der Waals surface area contributed by atoms with Gasteiger partial charge >= 0.3 is 0 Å². The highest BCUT2D eigenvalue weighted by Crippen LogP contribution is 2.22. The molecule has 1 aliphatic heterocycles. The topological polar surface area (TPSA) is 61.4 Å². The van der Waals surface area contributed by atoms with Gasteiger partial charge in [-0.15, -0.1) is 10.2 Å². The molecule has 0 unspecified atom stereocenters. The molecule has 1 aliphatic rings. The largest absolute Gasteiger partial charge is 0.352 e. The van der Waals surface area contributed by atoms with Crippen LogP contribution in [0.5, 0.6) is 0 Å². The van der Waals surface area contributed by atoms with Crippen LogP contribution in [-0.4, -0.2) is 47.2 Å². The summed E-state index contributed by atoms with van der Waals surface area (Å²) in [7, 11) is 0. The van der Waals surface area contributed by atoms with Crippen molar-refractivity contribution in [2.45, 2.75) is 34.1 Å². The first-order chi connectivity index (χ1) is 12.8. The minimum absolute atomic E-state index is 0.0278. The van der Waals surface area contributed by atoms with Gasteiger partial charge in [-0.05, 0) is 36.6 Å². The molecule has 0 aliphatic carbocycles. The number of hydrogen-bond acceptors (Lipinski definition) is 5. The molecule has 6 nitrogen and oxygen atoms in total. The summed E-state index contributed by atoms with van der Waals surface area (Å²) in [5.74, 6) is 1.82. The van der Waals surface area contributed by atoms with Gasteiger partial charge in [0.05, 0.1) is 0 Å². The Morgan fingerprint density at radius 1 is 1.00 bits per heavy atom. The van der Waals surface area contributed by atoms with Crippen molar-refractivity contribution >= 4 is 23.2 Å². The third-order valence-electron chi connectivity index (χ3n) is 4.61. The van der Waals surface area contributed by atoms with Crippen LogP contribution in [0.4, 0.5) is 17.3 Å². The van der Waals surface area contributed by atoms with Crippen molar-refractivity contribution in [3.8, 4) is 0 Å². The quantitative estimate of drug-likeness (QED) is 0.894. The average Bonchev–Trinajstić information content (AvgIpc) is 2.63. The highest BCUT2D eigenvalue weighted by Gasteiger charge is 2.25. The van der Waals surface area contributed by atoms with Crippen molar-refractivity contribution in [1.29, 1.82) is 0 Å². The summed E-state index contributed by atoms with van der Waals surface area (Å²) < 4.78 is 0. The van der Waals surface area contributed by atoms with E-state index >= 15 is 0 Å². The van der Waals surface area contributed by atoms with Gasteiger partial charge in [-0.3, -0.25) is 4.79 Å². The Kier molecular flexibility index (Phi) is 5.63. The highest BCUT2D eigenvalue weighted by molar-refractivity contribution is 5.77. The molecule has 1 N–H and O–H groups in total. The first-order valence-corrected chi connectivity index (χ1v) is 9.50. The van der Waals surface area contributed by atoms with Crippen LogP contribution in [0.2, 0.25) is 0 Å². The second kappa shape index (κ2) is 7.94. The van der Waals surface area contributed by atoms with E-state index in [1.807, 2.05) is 29.2 Å². The lowest BCUT2D eigenvalue weighted by atomic mass is 9.91. The minimum Gasteiger partial charge on any atom is -0.352 e. The predicted molar refractivity (Wildman–Crippen MR) is 109 cm³/mol. The summed E-state index contributed by atoms with van der Waals surface area (Å²) in [6.07, 6.45) is 0.589. The van der Waals surface area contributed by atoms with Gasteiger partial charge < -0.3 is 15.1 Å². The maximum absolute atomic E-state index is 12.4. The lowest BCUT2D eigenvalue weighted by Crippen LogP contribution is -2.49. The molecule has 1 aromatic heterocycles. The lowest BCUT2D eigenvalue weighted by molar-refractivity contribution is -0.133. The van der Waals surface area contributed by atoms with E-state index in [0.717, 1.165) is 43.5 Å². The number of aromatic nitrogens is 2. The molecule has 0 saturated carbocycles. The number of carbonyl (C=O) groups excluding carboxylic acids is 1. The first-order valence-electron chi connectivity index (χ1n) is 9.50. The van der Waals surface area contributed by atoms with Gasteiger partial charge in [0.15, 0.2) is 11.6 Å². The summed E-state index contributed by atoms with van der Waals surface area (Å²) in [4.78, 5) is 16.5. The molecule has 0 spiro atoms. The third-order valence-corrected chi connectivity index (χ3v) is 4.61. The van der Waals surface area contributed by atoms with Gasteiger partial charge in [0.2, 0.25) is 5.91 Å². The maximum atomic E-state index is 12.4. The van der Waals surface area contributed by atoms with Crippen LogP contribution in [0, 0.1) is 12.3 Å². The van der Waals surface area contributed by atoms with E-state index in [1.54, 1.807) is 0 Å². The van der Waals surface area contributed by atoms with Crippen LogP contribution < -0.4 is 10.2 Å². The fourth-order valence-electron chi connectivity index (χ4n) is 3.10. The fourth-order valence-corrected chi connectivity index (χ4v) is 3.10. The van der Waals surface area contributed by atoms with Gasteiger partial charge in [-0.2, -0.15) is 0 Å². The smallest absolute Gasteiger partial charge is 0.223 e. The third kappa shape index (κ3) is 5.42. The van der Waals surface area contributed by atoms with Crippen molar-refractivity contribution in [3.63, 3.8) is 0 Å². The molecule has 0 radical (unpaired) electrons. The van der Waals surface area contributed by atoms with Crippen molar-refractivity contribution in [2.24, 2.45) is 5.41 Å². The Labute approximate surface area is 161 Å². The van der Waals surface area contributed by atoms with Crippen molar-refractivity contribution in [1.82, 2.24) is 15.1 Å². The van der Waals surface area contributed by atoms with Gasteiger partial charge in [0.1, 0.15) is 0 Å². The number of piperazine rings is 1. The van der Waals surface area contributed by atoms with E-state index in [4.69, 9.17) is 0 Å². The minimum atomic E-state index is 0.0278. The van der Waals surface area contributed by atoms with Gasteiger partial charge in [-0.25, -0.2) is 0 Å². The number of aryl methyl sites for hydroxylation is 1. The molecule has 1 fully saturated rings. The SMILES string of the molecule is Cc1ccc(Nc2ccc(N3CCN(C(=O)CC(C)(C)C)CC3)nn2)cc1. The zero-order valence-electron chi connectivity index (χ0n) is 16.7. The molecule has 6 heteroatoms. The van der Waals surface area contributed by atoms with Crippen LogP contribution in [-0.2, 0) is 4.79 Å². The number of benzene rings is 1. The lowest BCUT2D eigenvalue weighted by Gasteiger charge is -2.36. The van der Waals surface area contributed by atoms with E-state index in [0.29, 0.717) is 6.42 Å². The van der Waals surface area contributed by atoms with Crippen LogP contribution in [0.1, 0.15) is 32.8 Å². The Hall–Kier alpha value is -2.63. The van der Waals surface area contributed by atoms with Gasteiger partial charge in [-0.1, -0.05) is 38.5 Å². The summed E-state index contributed by atoms with van der Waals surface area (Å²) in [5.41, 5.74) is 2.25. The second-order valence-corrected chi connectivity index (χ2v) is 8.37. The molecule has 3 rings (SSSR count). The number of anilines is 3. The van der Waals surface area contributed by atoms with Gasteiger partial charge in [0.25, 0.3) is 0 Å². The zero-order chi connectivity index (χ0) is 19.4. The van der Waals surface area contributed by atoms with Crippen LogP contribution in [0.15, 0.2) is 36.4 Å². The van der Waals surface area contributed by atoms with Crippen LogP contribution in [0.3, 0.4) is 0 Å². The van der Waals surface area contributed by atoms with E-state index in [-0.39, 0.29) is 11.3 Å². The Bertz CT molecular complexity index is 757. The zero-order valence-corrected chi connectivity index (χ0v) is 16.7. The fraction of sp³-hybridized carbons (Fsp3) is 0.476. The molecule has 1 amide bonds. The maximum Gasteiger partial charge on any atom is 0.223 e. The van der Waals surface area contributed by atoms with Gasteiger partial charge in [0, 0.05) is 38.3 Å². The number of hydrogen-bond donors (Lipinski definition) is 1. The predicted octanol–water partition coefficient (Wildman–Crippen LogP) is 3.61. The Balaban J connectivity index is 1.54. The molecule has 1 saturated heterocycles.